The van der Waals surface area contributed by atoms with E-state index in [1.54, 1.807) is 6.92 Å². The molecular weight excluding hydrogens is 385 g/mol. The van der Waals surface area contributed by atoms with Crippen LogP contribution < -0.4 is 4.74 Å². The minimum atomic E-state index is -5.61. The number of rotatable bonds is 6. The molecule has 2 aromatic rings. The lowest BCUT2D eigenvalue weighted by Crippen LogP contribution is -2.47. The van der Waals surface area contributed by atoms with E-state index in [-0.39, 0.29) is 42.2 Å². The molecule has 3 rings (SSSR count). The molecule has 0 amide bonds. The summed E-state index contributed by atoms with van der Waals surface area (Å²) in [5, 5.41) is 0. The summed E-state index contributed by atoms with van der Waals surface area (Å²) in [6, 6.07) is 7.88. The third-order valence-electron chi connectivity index (χ3n) is 4.58. The molecule has 0 saturated heterocycles. The second kappa shape index (κ2) is 7.03. The SMILES string of the molecule is CCOC(=O)c1ccc(Oc2ccc(C3(C(F)(F)C(F)(F)F)CC3)cc2)nc1. The number of hydrogen-bond donors (Lipinski definition) is 0. The molecule has 1 saturated carbocycles. The van der Waals surface area contributed by atoms with Gasteiger partial charge in [0.15, 0.2) is 0 Å². The molecule has 1 aliphatic carbocycles. The summed E-state index contributed by atoms with van der Waals surface area (Å²) < 4.78 is 76.2. The summed E-state index contributed by atoms with van der Waals surface area (Å²) in [6.45, 7) is 1.89. The van der Waals surface area contributed by atoms with E-state index in [1.165, 1.54) is 42.6 Å². The van der Waals surface area contributed by atoms with Crippen molar-refractivity contribution in [1.29, 1.82) is 0 Å². The molecule has 9 heteroatoms. The molecular formula is C19H16F5NO3. The fourth-order valence-corrected chi connectivity index (χ4v) is 2.92. The summed E-state index contributed by atoms with van der Waals surface area (Å²) in [5.74, 6) is -4.99. The number of aromatic nitrogens is 1. The van der Waals surface area contributed by atoms with Gasteiger partial charge < -0.3 is 9.47 Å². The Hall–Kier alpha value is -2.71. The standard InChI is InChI=1S/C19H16F5NO3/c1-2-27-16(26)12-3-8-15(25-11-12)28-14-6-4-13(5-7-14)17(9-10-17)18(20,21)19(22,23)24/h3-8,11H,2,9-10H2,1H3. The van der Waals surface area contributed by atoms with Crippen LogP contribution in [0.1, 0.15) is 35.7 Å². The zero-order valence-corrected chi connectivity index (χ0v) is 14.7. The molecule has 28 heavy (non-hydrogen) atoms. The highest BCUT2D eigenvalue weighted by molar-refractivity contribution is 5.89. The first kappa shape index (κ1) is 20.0. The van der Waals surface area contributed by atoms with Crippen molar-refractivity contribution >= 4 is 5.97 Å². The number of halogens is 5. The Balaban J connectivity index is 1.73. The molecule has 4 nitrogen and oxygen atoms in total. The molecule has 0 atom stereocenters. The van der Waals surface area contributed by atoms with Gasteiger partial charge >= 0.3 is 18.1 Å². The summed E-state index contributed by atoms with van der Waals surface area (Å²) in [4.78, 5) is 15.5. The number of carbonyl (C=O) groups excluding carboxylic acids is 1. The zero-order chi connectivity index (χ0) is 20.6. The van der Waals surface area contributed by atoms with Crippen molar-refractivity contribution in [3.63, 3.8) is 0 Å². The highest BCUT2D eigenvalue weighted by Gasteiger charge is 2.75. The van der Waals surface area contributed by atoms with E-state index in [0.717, 1.165) is 0 Å². The summed E-state index contributed by atoms with van der Waals surface area (Å²) in [7, 11) is 0. The molecule has 1 aromatic heterocycles. The van der Waals surface area contributed by atoms with Crippen LogP contribution in [0.5, 0.6) is 11.6 Å². The lowest BCUT2D eigenvalue weighted by Gasteiger charge is -2.29. The van der Waals surface area contributed by atoms with E-state index >= 15 is 0 Å². The monoisotopic (exact) mass is 401 g/mol. The molecule has 0 bridgehead atoms. The fourth-order valence-electron chi connectivity index (χ4n) is 2.92. The normalized spacial score (nSPS) is 15.8. The van der Waals surface area contributed by atoms with Crippen LogP contribution >= 0.6 is 0 Å². The van der Waals surface area contributed by atoms with Gasteiger partial charge in [-0.25, -0.2) is 9.78 Å². The number of ether oxygens (including phenoxy) is 2. The molecule has 0 radical (unpaired) electrons. The van der Waals surface area contributed by atoms with Crippen LogP contribution in [0, 0.1) is 0 Å². The Labute approximate surface area is 157 Å². The van der Waals surface area contributed by atoms with E-state index in [1.807, 2.05) is 0 Å². The maximum absolute atomic E-state index is 13.9. The van der Waals surface area contributed by atoms with Gasteiger partial charge in [0.1, 0.15) is 5.75 Å². The number of nitrogens with zero attached hydrogens (tertiary/aromatic N) is 1. The number of esters is 1. The van der Waals surface area contributed by atoms with Gasteiger partial charge in [-0.2, -0.15) is 22.0 Å². The van der Waals surface area contributed by atoms with Gasteiger partial charge in [0.2, 0.25) is 5.88 Å². The topological polar surface area (TPSA) is 48.4 Å². The number of benzene rings is 1. The van der Waals surface area contributed by atoms with Gasteiger partial charge in [0.05, 0.1) is 17.6 Å². The highest BCUT2D eigenvalue weighted by Crippen LogP contribution is 2.63. The van der Waals surface area contributed by atoms with Crippen molar-refractivity contribution in [2.45, 2.75) is 37.3 Å². The summed E-state index contributed by atoms with van der Waals surface area (Å²) in [6.07, 6.45) is -4.83. The molecule has 150 valence electrons. The molecule has 0 unspecified atom stereocenters. The molecule has 1 aromatic carbocycles. The number of alkyl halides is 5. The first-order valence-electron chi connectivity index (χ1n) is 8.47. The van der Waals surface area contributed by atoms with Gasteiger partial charge in [-0.1, -0.05) is 12.1 Å². The highest BCUT2D eigenvalue weighted by atomic mass is 19.4. The molecule has 1 heterocycles. The second-order valence-electron chi connectivity index (χ2n) is 6.39. The Morgan fingerprint density at radius 3 is 2.18 bits per heavy atom. The van der Waals surface area contributed by atoms with Crippen molar-refractivity contribution in [2.24, 2.45) is 0 Å². The Bertz CT molecular complexity index is 843. The number of pyridine rings is 1. The zero-order valence-electron chi connectivity index (χ0n) is 14.7. The predicted molar refractivity (Wildman–Crippen MR) is 88.6 cm³/mol. The maximum Gasteiger partial charge on any atom is 0.454 e. The van der Waals surface area contributed by atoms with Crippen LogP contribution in [0.2, 0.25) is 0 Å². The average molecular weight is 401 g/mol. The molecule has 0 aliphatic heterocycles. The minimum Gasteiger partial charge on any atom is -0.462 e. The van der Waals surface area contributed by atoms with E-state index in [9.17, 15) is 26.7 Å². The van der Waals surface area contributed by atoms with Crippen molar-refractivity contribution < 1.29 is 36.2 Å². The van der Waals surface area contributed by atoms with Gasteiger partial charge in [-0.15, -0.1) is 0 Å². The van der Waals surface area contributed by atoms with E-state index in [0.29, 0.717) is 0 Å². The lowest BCUT2D eigenvalue weighted by molar-refractivity contribution is -0.296. The fraction of sp³-hybridized carbons (Fsp3) is 0.368. The lowest BCUT2D eigenvalue weighted by atomic mass is 9.88. The quantitative estimate of drug-likeness (QED) is 0.488. The minimum absolute atomic E-state index is 0.0900. The van der Waals surface area contributed by atoms with Crippen molar-refractivity contribution in [1.82, 2.24) is 4.98 Å². The average Bonchev–Trinajstić information content (AvgIpc) is 3.44. The summed E-state index contributed by atoms with van der Waals surface area (Å²) in [5.41, 5.74) is -2.08. The number of hydrogen-bond acceptors (Lipinski definition) is 4. The van der Waals surface area contributed by atoms with E-state index in [4.69, 9.17) is 9.47 Å². The van der Waals surface area contributed by atoms with Gasteiger partial charge in [0, 0.05) is 12.3 Å². The van der Waals surface area contributed by atoms with Crippen LogP contribution in [0.25, 0.3) is 0 Å². The van der Waals surface area contributed by atoms with Crippen LogP contribution in [0.15, 0.2) is 42.6 Å². The third-order valence-corrected chi connectivity index (χ3v) is 4.58. The van der Waals surface area contributed by atoms with Gasteiger partial charge in [-0.05, 0) is 43.5 Å². The van der Waals surface area contributed by atoms with Crippen LogP contribution in [-0.2, 0) is 10.2 Å². The van der Waals surface area contributed by atoms with Crippen molar-refractivity contribution in [2.75, 3.05) is 6.61 Å². The van der Waals surface area contributed by atoms with Gasteiger partial charge in [-0.3, -0.25) is 0 Å². The van der Waals surface area contributed by atoms with E-state index in [2.05, 4.69) is 4.98 Å². The van der Waals surface area contributed by atoms with Crippen LogP contribution in [0.3, 0.4) is 0 Å². The van der Waals surface area contributed by atoms with Crippen LogP contribution in [0.4, 0.5) is 22.0 Å². The Morgan fingerprint density at radius 1 is 1.07 bits per heavy atom. The molecule has 1 aliphatic rings. The second-order valence-corrected chi connectivity index (χ2v) is 6.39. The Kier molecular flexibility index (Phi) is 5.03. The first-order valence-corrected chi connectivity index (χ1v) is 8.47. The third kappa shape index (κ3) is 3.53. The van der Waals surface area contributed by atoms with Crippen LogP contribution in [-0.4, -0.2) is 29.7 Å². The predicted octanol–water partition coefficient (Wildman–Crippen LogP) is 5.28. The molecule has 1 fully saturated rings. The summed E-state index contributed by atoms with van der Waals surface area (Å²) >= 11 is 0. The Morgan fingerprint density at radius 2 is 1.71 bits per heavy atom. The largest absolute Gasteiger partial charge is 0.462 e. The smallest absolute Gasteiger partial charge is 0.454 e. The first-order chi connectivity index (χ1) is 13.1. The van der Waals surface area contributed by atoms with Crippen molar-refractivity contribution in [3.05, 3.63) is 53.7 Å². The van der Waals surface area contributed by atoms with Gasteiger partial charge in [0.25, 0.3) is 0 Å². The van der Waals surface area contributed by atoms with Crippen molar-refractivity contribution in [3.8, 4) is 11.6 Å². The molecule has 0 spiro atoms. The maximum atomic E-state index is 13.9. The molecule has 0 N–H and O–H groups in total. The van der Waals surface area contributed by atoms with E-state index < -0.39 is 23.5 Å². The number of carbonyl (C=O) groups is 1.